The predicted molar refractivity (Wildman–Crippen MR) is 75.3 cm³/mol. The minimum absolute atomic E-state index is 0.266. The standard InChI is InChI=1S/C13H8F4N2O4S/c14-9-6-5-8(13(15,16)17)7-10(9)18-24(22,23)12-4-2-1-3-11(12)19(20)21/h1-7,18H. The van der Waals surface area contributed by atoms with Gasteiger partial charge in [-0.25, -0.2) is 12.8 Å². The van der Waals surface area contributed by atoms with Crippen LogP contribution in [0.1, 0.15) is 5.56 Å². The maximum atomic E-state index is 13.6. The summed E-state index contributed by atoms with van der Waals surface area (Å²) in [6, 6.07) is 5.33. The molecule has 24 heavy (non-hydrogen) atoms. The first kappa shape index (κ1) is 17.7. The fraction of sp³-hybridized carbons (Fsp3) is 0.0769. The van der Waals surface area contributed by atoms with Crippen molar-refractivity contribution in [1.29, 1.82) is 0 Å². The number of nitro groups is 1. The molecule has 0 radical (unpaired) electrons. The van der Waals surface area contributed by atoms with E-state index in [1.807, 2.05) is 0 Å². The molecule has 2 aromatic rings. The van der Waals surface area contributed by atoms with Gasteiger partial charge in [0.05, 0.1) is 16.2 Å². The Labute approximate surface area is 132 Å². The second-order valence-electron chi connectivity index (χ2n) is 4.52. The molecule has 0 fully saturated rings. The molecule has 0 saturated heterocycles. The molecule has 0 bridgehead atoms. The molecule has 0 aromatic heterocycles. The maximum Gasteiger partial charge on any atom is 0.416 e. The Morgan fingerprint density at radius 1 is 1.08 bits per heavy atom. The van der Waals surface area contributed by atoms with E-state index in [0.29, 0.717) is 12.1 Å². The molecule has 2 rings (SSSR count). The third kappa shape index (κ3) is 3.62. The van der Waals surface area contributed by atoms with Gasteiger partial charge in [-0.3, -0.25) is 14.8 Å². The van der Waals surface area contributed by atoms with Crippen LogP contribution in [-0.4, -0.2) is 13.3 Å². The van der Waals surface area contributed by atoms with Gasteiger partial charge < -0.3 is 0 Å². The van der Waals surface area contributed by atoms with Crippen LogP contribution in [0.5, 0.6) is 0 Å². The lowest BCUT2D eigenvalue weighted by Crippen LogP contribution is -2.16. The molecule has 0 aliphatic carbocycles. The Bertz CT molecular complexity index is 897. The summed E-state index contributed by atoms with van der Waals surface area (Å²) >= 11 is 0. The summed E-state index contributed by atoms with van der Waals surface area (Å²) in [6.07, 6.45) is -4.81. The van der Waals surface area contributed by atoms with Crippen LogP contribution < -0.4 is 4.72 Å². The number of alkyl halides is 3. The number of rotatable bonds is 4. The third-order valence-corrected chi connectivity index (χ3v) is 4.30. The number of anilines is 1. The van der Waals surface area contributed by atoms with E-state index in [-0.39, 0.29) is 6.07 Å². The maximum absolute atomic E-state index is 13.6. The Morgan fingerprint density at radius 2 is 1.71 bits per heavy atom. The fourth-order valence-corrected chi connectivity index (χ4v) is 3.05. The minimum Gasteiger partial charge on any atom is -0.276 e. The highest BCUT2D eigenvalue weighted by atomic mass is 32.2. The molecule has 0 aliphatic rings. The summed E-state index contributed by atoms with van der Waals surface area (Å²) in [5, 5.41) is 10.9. The molecule has 0 amide bonds. The third-order valence-electron chi connectivity index (χ3n) is 2.89. The zero-order valence-electron chi connectivity index (χ0n) is 11.5. The van der Waals surface area contributed by atoms with Crippen LogP contribution in [0.4, 0.5) is 28.9 Å². The number of halogens is 4. The first-order valence-corrected chi connectivity index (χ1v) is 7.63. The highest BCUT2D eigenvalue weighted by Crippen LogP contribution is 2.33. The summed E-state index contributed by atoms with van der Waals surface area (Å²) in [4.78, 5) is 9.09. The zero-order valence-corrected chi connectivity index (χ0v) is 12.4. The topological polar surface area (TPSA) is 89.3 Å². The van der Waals surface area contributed by atoms with E-state index in [4.69, 9.17) is 0 Å². The van der Waals surface area contributed by atoms with Crippen molar-refractivity contribution in [3.8, 4) is 0 Å². The largest absolute Gasteiger partial charge is 0.416 e. The van der Waals surface area contributed by atoms with Gasteiger partial charge in [0.15, 0.2) is 4.90 Å². The number of nitrogens with one attached hydrogen (secondary N) is 1. The van der Waals surface area contributed by atoms with E-state index in [9.17, 15) is 36.1 Å². The van der Waals surface area contributed by atoms with E-state index < -0.39 is 48.8 Å². The summed E-state index contributed by atoms with van der Waals surface area (Å²) < 4.78 is 77.5. The lowest BCUT2D eigenvalue weighted by atomic mass is 10.2. The first-order valence-electron chi connectivity index (χ1n) is 6.15. The zero-order chi connectivity index (χ0) is 18.1. The van der Waals surface area contributed by atoms with Gasteiger partial charge in [-0.2, -0.15) is 13.2 Å². The monoisotopic (exact) mass is 364 g/mol. The van der Waals surface area contributed by atoms with Gasteiger partial charge in [0.2, 0.25) is 0 Å². The number of benzene rings is 2. The lowest BCUT2D eigenvalue weighted by molar-refractivity contribution is -0.387. The van der Waals surface area contributed by atoms with Gasteiger partial charge in [-0.1, -0.05) is 12.1 Å². The number of para-hydroxylation sites is 1. The van der Waals surface area contributed by atoms with Gasteiger partial charge in [-0.05, 0) is 24.3 Å². The van der Waals surface area contributed by atoms with Crippen LogP contribution in [0.2, 0.25) is 0 Å². The molecular formula is C13H8F4N2O4S. The van der Waals surface area contributed by atoms with Crippen LogP contribution in [-0.2, 0) is 16.2 Å². The highest BCUT2D eigenvalue weighted by molar-refractivity contribution is 7.92. The molecule has 11 heteroatoms. The number of hydrogen-bond donors (Lipinski definition) is 1. The summed E-state index contributed by atoms with van der Waals surface area (Å²) in [7, 11) is -4.67. The summed E-state index contributed by atoms with van der Waals surface area (Å²) in [5.74, 6) is -1.26. The normalized spacial score (nSPS) is 12.0. The molecule has 6 nitrogen and oxygen atoms in total. The molecule has 0 aliphatic heterocycles. The van der Waals surface area contributed by atoms with E-state index in [0.717, 1.165) is 12.1 Å². The second kappa shape index (κ2) is 6.07. The van der Waals surface area contributed by atoms with Gasteiger partial charge in [-0.15, -0.1) is 0 Å². The summed E-state index contributed by atoms with van der Waals surface area (Å²) in [6.45, 7) is 0. The van der Waals surface area contributed by atoms with Crippen molar-refractivity contribution in [3.05, 3.63) is 64.0 Å². The molecule has 0 spiro atoms. The van der Waals surface area contributed by atoms with Gasteiger partial charge in [0.25, 0.3) is 15.7 Å². The summed E-state index contributed by atoms with van der Waals surface area (Å²) in [5.41, 5.74) is -3.04. The Hall–Kier alpha value is -2.69. The van der Waals surface area contributed by atoms with Crippen molar-refractivity contribution in [2.24, 2.45) is 0 Å². The lowest BCUT2D eigenvalue weighted by Gasteiger charge is -2.12. The number of hydrogen-bond acceptors (Lipinski definition) is 4. The predicted octanol–water partition coefficient (Wildman–Crippen LogP) is 3.55. The van der Waals surface area contributed by atoms with Crippen molar-refractivity contribution in [1.82, 2.24) is 0 Å². The van der Waals surface area contributed by atoms with Crippen molar-refractivity contribution < 1.29 is 30.9 Å². The first-order chi connectivity index (χ1) is 11.0. The Kier molecular flexibility index (Phi) is 4.47. The van der Waals surface area contributed by atoms with Crippen molar-refractivity contribution in [2.45, 2.75) is 11.1 Å². The van der Waals surface area contributed by atoms with Crippen molar-refractivity contribution in [3.63, 3.8) is 0 Å². The number of nitrogens with zero attached hydrogens (tertiary/aromatic N) is 1. The second-order valence-corrected chi connectivity index (χ2v) is 6.17. The average molecular weight is 364 g/mol. The molecule has 0 saturated carbocycles. The Morgan fingerprint density at radius 3 is 2.29 bits per heavy atom. The van der Waals surface area contributed by atoms with Crippen LogP contribution in [0.15, 0.2) is 47.4 Å². The Balaban J connectivity index is 2.50. The molecular weight excluding hydrogens is 356 g/mol. The van der Waals surface area contributed by atoms with Crippen LogP contribution in [0, 0.1) is 15.9 Å². The molecule has 0 heterocycles. The molecule has 0 unspecified atom stereocenters. The minimum atomic E-state index is -4.81. The molecule has 128 valence electrons. The van der Waals surface area contributed by atoms with E-state index in [1.54, 1.807) is 4.72 Å². The number of sulfonamides is 1. The van der Waals surface area contributed by atoms with Crippen LogP contribution >= 0.6 is 0 Å². The average Bonchev–Trinajstić information content (AvgIpc) is 2.48. The van der Waals surface area contributed by atoms with Crippen molar-refractivity contribution >= 4 is 21.4 Å². The van der Waals surface area contributed by atoms with E-state index in [2.05, 4.69) is 0 Å². The molecule has 2 aromatic carbocycles. The molecule has 1 N–H and O–H groups in total. The number of nitro benzene ring substituents is 1. The van der Waals surface area contributed by atoms with E-state index >= 15 is 0 Å². The van der Waals surface area contributed by atoms with Crippen LogP contribution in [0.25, 0.3) is 0 Å². The van der Waals surface area contributed by atoms with Gasteiger partial charge >= 0.3 is 6.18 Å². The molecule has 0 atom stereocenters. The quantitative estimate of drug-likeness (QED) is 0.510. The van der Waals surface area contributed by atoms with Gasteiger partial charge in [0.1, 0.15) is 5.82 Å². The SMILES string of the molecule is O=[N+]([O-])c1ccccc1S(=O)(=O)Nc1cc(C(F)(F)F)ccc1F. The van der Waals surface area contributed by atoms with Crippen molar-refractivity contribution in [2.75, 3.05) is 4.72 Å². The fourth-order valence-electron chi connectivity index (χ4n) is 1.81. The van der Waals surface area contributed by atoms with Crippen LogP contribution in [0.3, 0.4) is 0 Å². The van der Waals surface area contributed by atoms with E-state index in [1.165, 1.54) is 12.1 Å². The van der Waals surface area contributed by atoms with Gasteiger partial charge in [0, 0.05) is 6.07 Å². The smallest absolute Gasteiger partial charge is 0.276 e. The highest BCUT2D eigenvalue weighted by Gasteiger charge is 2.32.